The highest BCUT2D eigenvalue weighted by atomic mass is 16.2. The van der Waals surface area contributed by atoms with Crippen LogP contribution in [0.4, 0.5) is 5.69 Å². The number of aromatic nitrogens is 2. The van der Waals surface area contributed by atoms with Gasteiger partial charge in [0, 0.05) is 45.0 Å². The minimum absolute atomic E-state index is 0.195. The third kappa shape index (κ3) is 2.78. The molecule has 7 nitrogen and oxygen atoms in total. The first-order chi connectivity index (χ1) is 12.0. The van der Waals surface area contributed by atoms with Crippen molar-refractivity contribution in [1.29, 1.82) is 0 Å². The quantitative estimate of drug-likeness (QED) is 0.820. The first-order valence-corrected chi connectivity index (χ1v) is 8.77. The molecule has 2 aliphatic heterocycles. The van der Waals surface area contributed by atoms with Gasteiger partial charge in [-0.2, -0.15) is 5.10 Å². The Balaban J connectivity index is 1.75. The molecule has 2 saturated heterocycles. The summed E-state index contributed by atoms with van der Waals surface area (Å²) in [7, 11) is 4.07. The molecule has 0 aliphatic carbocycles. The number of piperidine rings is 1. The molecule has 4 rings (SSSR count). The standard InChI is InChI=1S/C18H23N5O2/c1-21-8-10-23(11-9-21)14-5-3-4-12-16(20-22(2)17(12)14)13-6-7-15(24)19-18(13)25/h3-5,13H,6-11H2,1-2H3,(H,19,24,25). The van der Waals surface area contributed by atoms with Gasteiger partial charge < -0.3 is 9.80 Å². The number of nitrogens with zero attached hydrogens (tertiary/aromatic N) is 4. The average Bonchev–Trinajstić information content (AvgIpc) is 2.93. The first kappa shape index (κ1) is 16.1. The van der Waals surface area contributed by atoms with Crippen molar-refractivity contribution in [2.24, 2.45) is 7.05 Å². The molecule has 25 heavy (non-hydrogen) atoms. The molecule has 1 atom stereocenters. The number of para-hydroxylation sites is 1. The highest BCUT2D eigenvalue weighted by Crippen LogP contribution is 2.34. The smallest absolute Gasteiger partial charge is 0.235 e. The van der Waals surface area contributed by atoms with E-state index in [-0.39, 0.29) is 17.7 Å². The third-order valence-corrected chi connectivity index (χ3v) is 5.29. The van der Waals surface area contributed by atoms with Gasteiger partial charge in [-0.05, 0) is 19.5 Å². The molecule has 0 radical (unpaired) electrons. The summed E-state index contributed by atoms with van der Waals surface area (Å²) in [6.07, 6.45) is 0.891. The number of amides is 2. The van der Waals surface area contributed by atoms with Crippen molar-refractivity contribution in [2.75, 3.05) is 38.1 Å². The van der Waals surface area contributed by atoms with Crippen molar-refractivity contribution in [1.82, 2.24) is 20.0 Å². The Kier molecular flexibility index (Phi) is 3.95. The second-order valence-electron chi connectivity index (χ2n) is 6.98. The van der Waals surface area contributed by atoms with E-state index in [9.17, 15) is 9.59 Å². The second-order valence-corrected chi connectivity index (χ2v) is 6.98. The topological polar surface area (TPSA) is 70.5 Å². The van der Waals surface area contributed by atoms with Crippen LogP contribution in [0.15, 0.2) is 18.2 Å². The lowest BCUT2D eigenvalue weighted by Gasteiger charge is -2.34. The van der Waals surface area contributed by atoms with E-state index in [2.05, 4.69) is 33.3 Å². The Hall–Kier alpha value is -2.41. The van der Waals surface area contributed by atoms with Crippen LogP contribution in [0.25, 0.3) is 10.9 Å². The molecule has 1 aromatic carbocycles. The van der Waals surface area contributed by atoms with Gasteiger partial charge in [-0.1, -0.05) is 12.1 Å². The lowest BCUT2D eigenvalue weighted by Crippen LogP contribution is -2.44. The maximum absolute atomic E-state index is 12.3. The van der Waals surface area contributed by atoms with Gasteiger partial charge in [0.2, 0.25) is 11.8 Å². The molecular formula is C18H23N5O2. The van der Waals surface area contributed by atoms with Crippen LogP contribution in [0.2, 0.25) is 0 Å². The average molecular weight is 341 g/mol. The number of carbonyl (C=O) groups is 2. The minimum atomic E-state index is -0.357. The second kappa shape index (κ2) is 6.15. The van der Waals surface area contributed by atoms with Gasteiger partial charge in [0.1, 0.15) is 0 Å². The third-order valence-electron chi connectivity index (χ3n) is 5.29. The van der Waals surface area contributed by atoms with Gasteiger partial charge in [-0.15, -0.1) is 0 Å². The van der Waals surface area contributed by atoms with E-state index in [1.807, 2.05) is 23.9 Å². The zero-order valence-electron chi connectivity index (χ0n) is 14.7. The number of imide groups is 1. The lowest BCUT2D eigenvalue weighted by atomic mass is 9.92. The molecule has 3 heterocycles. The van der Waals surface area contributed by atoms with Crippen molar-refractivity contribution in [3.05, 3.63) is 23.9 Å². The fourth-order valence-electron chi connectivity index (χ4n) is 3.86. The Morgan fingerprint density at radius 1 is 1.12 bits per heavy atom. The summed E-state index contributed by atoms with van der Waals surface area (Å²) < 4.78 is 1.88. The van der Waals surface area contributed by atoms with Crippen LogP contribution in [0.3, 0.4) is 0 Å². The number of aryl methyl sites for hydroxylation is 1. The number of hydrogen-bond acceptors (Lipinski definition) is 5. The number of rotatable bonds is 2. The molecular weight excluding hydrogens is 318 g/mol. The largest absolute Gasteiger partial charge is 0.367 e. The van der Waals surface area contributed by atoms with Crippen molar-refractivity contribution in [2.45, 2.75) is 18.8 Å². The van der Waals surface area contributed by atoms with Crippen LogP contribution in [0.5, 0.6) is 0 Å². The number of likely N-dealkylation sites (N-methyl/N-ethyl adjacent to an activating group) is 1. The molecule has 0 saturated carbocycles. The molecule has 1 aromatic heterocycles. The van der Waals surface area contributed by atoms with Crippen molar-refractivity contribution < 1.29 is 9.59 Å². The number of nitrogens with one attached hydrogen (secondary N) is 1. The van der Waals surface area contributed by atoms with Gasteiger partial charge in [0.15, 0.2) is 0 Å². The molecule has 2 amide bonds. The highest BCUT2D eigenvalue weighted by Gasteiger charge is 2.32. The summed E-state index contributed by atoms with van der Waals surface area (Å²) in [5.41, 5.74) is 3.00. The van der Waals surface area contributed by atoms with Crippen molar-refractivity contribution >= 4 is 28.4 Å². The fourth-order valence-corrected chi connectivity index (χ4v) is 3.86. The van der Waals surface area contributed by atoms with E-state index in [1.165, 1.54) is 5.69 Å². The van der Waals surface area contributed by atoms with Crippen LogP contribution in [0, 0.1) is 0 Å². The van der Waals surface area contributed by atoms with Gasteiger partial charge in [-0.25, -0.2) is 0 Å². The van der Waals surface area contributed by atoms with E-state index in [0.717, 1.165) is 42.8 Å². The number of fused-ring (bicyclic) bond motifs is 1. The summed E-state index contributed by atoms with van der Waals surface area (Å²) >= 11 is 0. The molecule has 1 N–H and O–H groups in total. The lowest BCUT2D eigenvalue weighted by molar-refractivity contribution is -0.134. The van der Waals surface area contributed by atoms with Crippen LogP contribution >= 0.6 is 0 Å². The van der Waals surface area contributed by atoms with E-state index >= 15 is 0 Å². The summed E-state index contributed by atoms with van der Waals surface area (Å²) in [5.74, 6) is -0.787. The Bertz CT molecular complexity index is 835. The SMILES string of the molecule is CN1CCN(c2cccc3c(C4CCC(=O)NC4=O)nn(C)c23)CC1. The molecule has 1 unspecified atom stereocenters. The Morgan fingerprint density at radius 3 is 2.60 bits per heavy atom. The van der Waals surface area contributed by atoms with Gasteiger partial charge in [0.25, 0.3) is 0 Å². The molecule has 7 heteroatoms. The highest BCUT2D eigenvalue weighted by molar-refractivity contribution is 6.03. The summed E-state index contributed by atoms with van der Waals surface area (Å²) in [6.45, 7) is 4.03. The Morgan fingerprint density at radius 2 is 1.88 bits per heavy atom. The summed E-state index contributed by atoms with van der Waals surface area (Å²) in [6, 6.07) is 6.19. The maximum Gasteiger partial charge on any atom is 0.235 e. The minimum Gasteiger partial charge on any atom is -0.367 e. The molecule has 2 aromatic rings. The van der Waals surface area contributed by atoms with Crippen LogP contribution in [-0.2, 0) is 16.6 Å². The fraction of sp³-hybridized carbons (Fsp3) is 0.500. The molecule has 0 bridgehead atoms. The number of hydrogen-bond donors (Lipinski definition) is 1. The number of benzene rings is 1. The van der Waals surface area contributed by atoms with Gasteiger partial charge in [0.05, 0.1) is 22.8 Å². The maximum atomic E-state index is 12.3. The molecule has 0 spiro atoms. The predicted molar refractivity (Wildman–Crippen MR) is 95.5 cm³/mol. The zero-order valence-corrected chi connectivity index (χ0v) is 14.7. The van der Waals surface area contributed by atoms with E-state index in [0.29, 0.717) is 12.8 Å². The summed E-state index contributed by atoms with van der Waals surface area (Å²) in [4.78, 5) is 28.4. The van der Waals surface area contributed by atoms with Gasteiger partial charge >= 0.3 is 0 Å². The normalized spacial score (nSPS) is 22.5. The van der Waals surface area contributed by atoms with Crippen molar-refractivity contribution in [3.63, 3.8) is 0 Å². The van der Waals surface area contributed by atoms with E-state index < -0.39 is 0 Å². The van der Waals surface area contributed by atoms with Crippen LogP contribution < -0.4 is 10.2 Å². The molecule has 2 aliphatic rings. The number of piperazine rings is 1. The zero-order chi connectivity index (χ0) is 17.6. The Labute approximate surface area is 146 Å². The summed E-state index contributed by atoms with van der Waals surface area (Å²) in [5, 5.41) is 8.12. The molecule has 132 valence electrons. The first-order valence-electron chi connectivity index (χ1n) is 8.77. The van der Waals surface area contributed by atoms with Crippen molar-refractivity contribution in [3.8, 4) is 0 Å². The van der Waals surface area contributed by atoms with Gasteiger partial charge in [-0.3, -0.25) is 19.6 Å². The van der Waals surface area contributed by atoms with Crippen LogP contribution in [-0.4, -0.2) is 59.7 Å². The number of carbonyl (C=O) groups excluding carboxylic acids is 2. The predicted octanol–water partition coefficient (Wildman–Crippen LogP) is 0.845. The van der Waals surface area contributed by atoms with Crippen LogP contribution in [0.1, 0.15) is 24.5 Å². The van der Waals surface area contributed by atoms with E-state index in [1.54, 1.807) is 0 Å². The van der Waals surface area contributed by atoms with E-state index in [4.69, 9.17) is 0 Å². The molecule has 2 fully saturated rings. The monoisotopic (exact) mass is 341 g/mol. The number of anilines is 1.